The van der Waals surface area contributed by atoms with Crippen molar-refractivity contribution in [1.29, 1.82) is 0 Å². The summed E-state index contributed by atoms with van der Waals surface area (Å²) in [5, 5.41) is 2.65. The van der Waals surface area contributed by atoms with Gasteiger partial charge in [0.05, 0.1) is 36.9 Å². The van der Waals surface area contributed by atoms with Crippen molar-refractivity contribution < 1.29 is 28.6 Å². The lowest BCUT2D eigenvalue weighted by Crippen LogP contribution is -2.14. The third-order valence-corrected chi connectivity index (χ3v) is 4.07. The van der Waals surface area contributed by atoms with Crippen LogP contribution in [0.15, 0.2) is 40.9 Å². The van der Waals surface area contributed by atoms with Gasteiger partial charge in [-0.2, -0.15) is 0 Å². The van der Waals surface area contributed by atoms with E-state index in [9.17, 15) is 14.4 Å². The Morgan fingerprint density at radius 2 is 1.42 bits per heavy atom. The van der Waals surface area contributed by atoms with Gasteiger partial charge in [-0.3, -0.25) is 4.79 Å². The maximum atomic E-state index is 12.5. The molecule has 8 heteroatoms. The molecule has 2 aromatic rings. The number of anilines is 1. The number of benzene rings is 2. The number of hydrogen-bond donors (Lipinski definition) is 1. The van der Waals surface area contributed by atoms with Crippen molar-refractivity contribution in [2.45, 2.75) is 0 Å². The first-order valence-electron chi connectivity index (χ1n) is 7.36. The second-order valence-electron chi connectivity index (χ2n) is 5.09. The Labute approximate surface area is 158 Å². The first-order valence-corrected chi connectivity index (χ1v) is 8.15. The molecule has 0 unspecified atom stereocenters. The quantitative estimate of drug-likeness (QED) is 0.744. The van der Waals surface area contributed by atoms with Crippen molar-refractivity contribution in [3.05, 3.63) is 57.6 Å². The van der Waals surface area contributed by atoms with Crippen LogP contribution in [0.25, 0.3) is 0 Å². The smallest absolute Gasteiger partial charge is 0.337 e. The fraction of sp³-hybridized carbons (Fsp3) is 0.167. The molecule has 2 aromatic carbocycles. The second kappa shape index (κ2) is 8.48. The van der Waals surface area contributed by atoms with Crippen LogP contribution in [0.5, 0.6) is 5.75 Å². The summed E-state index contributed by atoms with van der Waals surface area (Å²) >= 11 is 3.31. The fourth-order valence-electron chi connectivity index (χ4n) is 2.18. The van der Waals surface area contributed by atoms with Crippen LogP contribution < -0.4 is 10.1 Å². The number of ether oxygens (including phenoxy) is 3. The minimum atomic E-state index is -0.640. The molecule has 1 amide bonds. The highest BCUT2D eigenvalue weighted by Crippen LogP contribution is 2.26. The second-order valence-corrected chi connectivity index (χ2v) is 5.94. The zero-order chi connectivity index (χ0) is 19.3. The normalized spacial score (nSPS) is 10.0. The van der Waals surface area contributed by atoms with E-state index in [1.54, 1.807) is 18.2 Å². The van der Waals surface area contributed by atoms with Gasteiger partial charge in [-0.15, -0.1) is 0 Å². The van der Waals surface area contributed by atoms with Gasteiger partial charge in [0.2, 0.25) is 0 Å². The minimum absolute atomic E-state index is 0.113. The van der Waals surface area contributed by atoms with Crippen molar-refractivity contribution in [2.24, 2.45) is 0 Å². The molecule has 0 saturated heterocycles. The molecular weight excluding hydrogens is 406 g/mol. The zero-order valence-corrected chi connectivity index (χ0v) is 15.9. The Kier molecular flexibility index (Phi) is 6.35. The Morgan fingerprint density at radius 1 is 0.846 bits per heavy atom. The number of nitrogens with one attached hydrogen (secondary N) is 1. The number of halogens is 1. The average Bonchev–Trinajstić information content (AvgIpc) is 2.66. The maximum Gasteiger partial charge on any atom is 0.337 e. The molecule has 0 saturated carbocycles. The standard InChI is InChI=1S/C18H16BrNO6/c1-24-15-5-4-10(9-14(15)19)16(21)20-13-7-11(17(22)25-2)6-12(8-13)18(23)26-3/h4-9H,1-3H3,(H,20,21). The summed E-state index contributed by atoms with van der Waals surface area (Å²) in [6.45, 7) is 0. The third-order valence-electron chi connectivity index (χ3n) is 3.45. The first kappa shape index (κ1) is 19.5. The topological polar surface area (TPSA) is 90.9 Å². The molecule has 0 radical (unpaired) electrons. The summed E-state index contributed by atoms with van der Waals surface area (Å²) in [5.74, 6) is -1.12. The van der Waals surface area contributed by atoms with Gasteiger partial charge in [0.15, 0.2) is 0 Å². The van der Waals surface area contributed by atoms with E-state index in [2.05, 4.69) is 30.7 Å². The Hall–Kier alpha value is -2.87. The van der Waals surface area contributed by atoms with E-state index in [-0.39, 0.29) is 16.8 Å². The molecule has 7 nitrogen and oxygen atoms in total. The molecule has 26 heavy (non-hydrogen) atoms. The molecule has 0 spiro atoms. The highest BCUT2D eigenvalue weighted by Gasteiger charge is 2.16. The Balaban J connectivity index is 2.35. The molecule has 0 bridgehead atoms. The van der Waals surface area contributed by atoms with Crippen molar-refractivity contribution >= 4 is 39.5 Å². The number of amides is 1. The van der Waals surface area contributed by atoms with E-state index in [1.165, 1.54) is 39.5 Å². The number of hydrogen-bond acceptors (Lipinski definition) is 6. The van der Waals surface area contributed by atoms with Crippen molar-refractivity contribution in [2.75, 3.05) is 26.6 Å². The van der Waals surface area contributed by atoms with E-state index < -0.39 is 17.8 Å². The molecule has 0 heterocycles. The summed E-state index contributed by atoms with van der Waals surface area (Å²) in [7, 11) is 3.97. The Morgan fingerprint density at radius 3 is 1.88 bits per heavy atom. The lowest BCUT2D eigenvalue weighted by molar-refractivity contribution is 0.0599. The van der Waals surface area contributed by atoms with Crippen LogP contribution in [-0.4, -0.2) is 39.2 Å². The van der Waals surface area contributed by atoms with Crippen LogP contribution in [-0.2, 0) is 9.47 Å². The molecule has 0 aliphatic heterocycles. The van der Waals surface area contributed by atoms with E-state index >= 15 is 0 Å². The molecule has 0 atom stereocenters. The molecule has 0 aromatic heterocycles. The van der Waals surface area contributed by atoms with Gasteiger partial charge in [0.1, 0.15) is 5.75 Å². The van der Waals surface area contributed by atoms with Crippen LogP contribution >= 0.6 is 15.9 Å². The lowest BCUT2D eigenvalue weighted by Gasteiger charge is -2.10. The van der Waals surface area contributed by atoms with Crippen molar-refractivity contribution in [1.82, 2.24) is 0 Å². The molecule has 136 valence electrons. The highest BCUT2D eigenvalue weighted by molar-refractivity contribution is 9.10. The third kappa shape index (κ3) is 4.40. The highest BCUT2D eigenvalue weighted by atomic mass is 79.9. The van der Waals surface area contributed by atoms with Crippen molar-refractivity contribution in [3.8, 4) is 5.75 Å². The van der Waals surface area contributed by atoms with Gasteiger partial charge in [0, 0.05) is 11.3 Å². The van der Waals surface area contributed by atoms with Crippen LogP contribution in [0.4, 0.5) is 5.69 Å². The minimum Gasteiger partial charge on any atom is -0.496 e. The van der Waals surface area contributed by atoms with Gasteiger partial charge in [-0.1, -0.05) is 0 Å². The predicted molar refractivity (Wildman–Crippen MR) is 97.8 cm³/mol. The molecule has 1 N–H and O–H groups in total. The van der Waals surface area contributed by atoms with E-state index in [0.717, 1.165) is 0 Å². The monoisotopic (exact) mass is 421 g/mol. The molecule has 0 aliphatic rings. The van der Waals surface area contributed by atoms with Gasteiger partial charge < -0.3 is 19.5 Å². The van der Waals surface area contributed by atoms with Gasteiger partial charge in [0.25, 0.3) is 5.91 Å². The molecule has 0 fully saturated rings. The van der Waals surface area contributed by atoms with Crippen LogP contribution in [0.3, 0.4) is 0 Å². The molecule has 0 aliphatic carbocycles. The largest absolute Gasteiger partial charge is 0.496 e. The van der Waals surface area contributed by atoms with Crippen LogP contribution in [0, 0.1) is 0 Å². The number of carbonyl (C=O) groups is 3. The average molecular weight is 422 g/mol. The fourth-order valence-corrected chi connectivity index (χ4v) is 2.72. The maximum absolute atomic E-state index is 12.5. The van der Waals surface area contributed by atoms with E-state index in [0.29, 0.717) is 15.8 Å². The van der Waals surface area contributed by atoms with Gasteiger partial charge in [-0.05, 0) is 52.3 Å². The van der Waals surface area contributed by atoms with E-state index in [4.69, 9.17) is 4.74 Å². The first-order chi connectivity index (χ1) is 12.4. The number of esters is 2. The SMILES string of the molecule is COC(=O)c1cc(NC(=O)c2ccc(OC)c(Br)c2)cc(C(=O)OC)c1. The zero-order valence-electron chi connectivity index (χ0n) is 14.3. The van der Waals surface area contributed by atoms with Crippen LogP contribution in [0.1, 0.15) is 31.1 Å². The van der Waals surface area contributed by atoms with E-state index in [1.807, 2.05) is 0 Å². The summed E-state index contributed by atoms with van der Waals surface area (Å²) in [6, 6.07) is 8.98. The lowest BCUT2D eigenvalue weighted by atomic mass is 10.1. The van der Waals surface area contributed by atoms with Crippen LogP contribution in [0.2, 0.25) is 0 Å². The number of carbonyl (C=O) groups excluding carboxylic acids is 3. The molecular formula is C18H16BrNO6. The summed E-state index contributed by atoms with van der Waals surface area (Å²) in [5.41, 5.74) is 0.842. The predicted octanol–water partition coefficient (Wildman–Crippen LogP) is 3.28. The summed E-state index contributed by atoms with van der Waals surface area (Å²) in [6.07, 6.45) is 0. The van der Waals surface area contributed by atoms with Gasteiger partial charge in [-0.25, -0.2) is 9.59 Å². The van der Waals surface area contributed by atoms with Gasteiger partial charge >= 0.3 is 11.9 Å². The van der Waals surface area contributed by atoms with Crippen molar-refractivity contribution in [3.63, 3.8) is 0 Å². The molecule has 2 rings (SSSR count). The Bertz CT molecular complexity index is 831. The summed E-state index contributed by atoms with van der Waals surface area (Å²) in [4.78, 5) is 36.0. The number of methoxy groups -OCH3 is 3. The summed E-state index contributed by atoms with van der Waals surface area (Å²) < 4.78 is 15.1. The number of rotatable bonds is 5.